The van der Waals surface area contributed by atoms with E-state index in [1.165, 1.54) is 148 Å². The second-order valence-electron chi connectivity index (χ2n) is 14.2. The summed E-state index contributed by atoms with van der Waals surface area (Å²) < 4.78 is 0. The minimum absolute atomic E-state index is 0.434. The van der Waals surface area contributed by atoms with Crippen LogP contribution in [-0.4, -0.2) is 36.2 Å². The molecule has 0 aromatic carbocycles. The van der Waals surface area contributed by atoms with Gasteiger partial charge in [-0.1, -0.05) is 152 Å². The molecule has 0 aromatic rings. The summed E-state index contributed by atoms with van der Waals surface area (Å²) in [7, 11) is 4.31. The van der Waals surface area contributed by atoms with Crippen LogP contribution in [0.4, 0.5) is 0 Å². The zero-order valence-corrected chi connectivity index (χ0v) is 31.2. The van der Waals surface area contributed by atoms with E-state index in [9.17, 15) is 5.11 Å². The topological polar surface area (TPSA) is 23.5 Å². The van der Waals surface area contributed by atoms with E-state index in [2.05, 4.69) is 81.5 Å². The van der Waals surface area contributed by atoms with Crippen molar-refractivity contribution in [1.29, 1.82) is 0 Å². The number of nitrogens with zero attached hydrogens (tertiary/aromatic N) is 1. The van der Waals surface area contributed by atoms with Gasteiger partial charge in [-0.05, 0) is 117 Å². The van der Waals surface area contributed by atoms with E-state index in [4.69, 9.17) is 0 Å². The van der Waals surface area contributed by atoms with Gasteiger partial charge < -0.3 is 10.0 Å². The van der Waals surface area contributed by atoms with Crippen LogP contribution in [0.15, 0.2) is 48.6 Å². The molecule has 0 saturated heterocycles. The predicted molar refractivity (Wildman–Crippen MR) is 205 cm³/mol. The highest BCUT2D eigenvalue weighted by Gasteiger charge is 2.25. The first-order valence-corrected chi connectivity index (χ1v) is 20.0. The first-order chi connectivity index (χ1) is 22.0. The molecule has 0 unspecified atom stereocenters. The third-order valence-corrected chi connectivity index (χ3v) is 9.18. The van der Waals surface area contributed by atoms with Crippen LogP contribution in [0, 0.1) is 0 Å². The Morgan fingerprint density at radius 2 is 0.711 bits per heavy atom. The van der Waals surface area contributed by atoms with Crippen LogP contribution < -0.4 is 0 Å². The molecule has 0 atom stereocenters. The van der Waals surface area contributed by atoms with Crippen LogP contribution in [0.1, 0.15) is 200 Å². The van der Waals surface area contributed by atoms with Gasteiger partial charge in [0.15, 0.2) is 0 Å². The standard InChI is InChI=1S/C43H81NO/c1-5-7-9-11-13-15-17-19-21-23-25-27-29-31-33-35-39-43(45,41-37-38-42-44(3)4)40-36-34-32-30-28-26-24-22-20-18-16-14-12-10-8-6-2/h13-16,19-22,45H,5-12,17-18,23-42H2,1-4H3/b15-13+,16-14+,21-19+,22-20+. The summed E-state index contributed by atoms with van der Waals surface area (Å²) in [6.07, 6.45) is 54.9. The SMILES string of the molecule is CCCCC/C=C/C/C=C/CCCCCCCCC(O)(CCCCCCCC/C=C/C/C=C/CCCCC)CCCCN(C)C. The average Bonchev–Trinajstić information content (AvgIpc) is 3.02. The number of hydrogen-bond acceptors (Lipinski definition) is 2. The third kappa shape index (κ3) is 35.6. The Kier molecular flexibility index (Phi) is 34.8. The molecule has 0 spiro atoms. The maximum absolute atomic E-state index is 11.6. The minimum atomic E-state index is -0.434. The Balaban J connectivity index is 3.98. The summed E-state index contributed by atoms with van der Waals surface area (Å²) in [5.74, 6) is 0. The normalized spacial score (nSPS) is 12.8. The number of rotatable bonds is 35. The quantitative estimate of drug-likeness (QED) is 0.0558. The van der Waals surface area contributed by atoms with Crippen LogP contribution >= 0.6 is 0 Å². The highest BCUT2D eigenvalue weighted by Crippen LogP contribution is 2.28. The van der Waals surface area contributed by atoms with Crippen molar-refractivity contribution >= 4 is 0 Å². The average molecular weight is 628 g/mol. The van der Waals surface area contributed by atoms with E-state index in [1.54, 1.807) is 0 Å². The van der Waals surface area contributed by atoms with E-state index < -0.39 is 5.60 Å². The summed E-state index contributed by atoms with van der Waals surface area (Å²) >= 11 is 0. The van der Waals surface area contributed by atoms with Crippen molar-refractivity contribution in [2.24, 2.45) is 0 Å². The zero-order chi connectivity index (χ0) is 32.9. The van der Waals surface area contributed by atoms with Gasteiger partial charge in [0.25, 0.3) is 0 Å². The van der Waals surface area contributed by atoms with Gasteiger partial charge in [0.2, 0.25) is 0 Å². The lowest BCUT2D eigenvalue weighted by Gasteiger charge is -2.29. The zero-order valence-electron chi connectivity index (χ0n) is 31.2. The number of aliphatic hydroxyl groups is 1. The number of allylic oxidation sites excluding steroid dienone is 8. The van der Waals surface area contributed by atoms with Gasteiger partial charge in [0, 0.05) is 0 Å². The molecule has 0 radical (unpaired) electrons. The second kappa shape index (κ2) is 35.7. The molecule has 0 rings (SSSR count). The van der Waals surface area contributed by atoms with Crippen LogP contribution in [0.2, 0.25) is 0 Å². The molecule has 264 valence electrons. The molecular weight excluding hydrogens is 546 g/mol. The number of hydrogen-bond donors (Lipinski definition) is 1. The Bertz CT molecular complexity index is 640. The fraction of sp³-hybridized carbons (Fsp3) is 0.814. The maximum atomic E-state index is 11.6. The highest BCUT2D eigenvalue weighted by atomic mass is 16.3. The molecular formula is C43H81NO. The van der Waals surface area contributed by atoms with Crippen molar-refractivity contribution in [3.63, 3.8) is 0 Å². The Hall–Kier alpha value is -1.12. The molecule has 0 aliphatic carbocycles. The van der Waals surface area contributed by atoms with E-state index in [0.717, 1.165) is 45.1 Å². The van der Waals surface area contributed by atoms with Crippen LogP contribution in [0.5, 0.6) is 0 Å². The van der Waals surface area contributed by atoms with Gasteiger partial charge in [0.1, 0.15) is 0 Å². The molecule has 0 aliphatic rings. The smallest absolute Gasteiger partial charge is 0.0647 e. The monoisotopic (exact) mass is 628 g/mol. The van der Waals surface area contributed by atoms with Crippen LogP contribution in [-0.2, 0) is 0 Å². The predicted octanol–water partition coefficient (Wildman–Crippen LogP) is 13.9. The fourth-order valence-corrected chi connectivity index (χ4v) is 6.14. The van der Waals surface area contributed by atoms with Gasteiger partial charge >= 0.3 is 0 Å². The van der Waals surface area contributed by atoms with Crippen molar-refractivity contribution in [1.82, 2.24) is 4.90 Å². The largest absolute Gasteiger partial charge is 0.390 e. The van der Waals surface area contributed by atoms with Crippen LogP contribution in [0.3, 0.4) is 0 Å². The van der Waals surface area contributed by atoms with Gasteiger partial charge in [-0.15, -0.1) is 0 Å². The minimum Gasteiger partial charge on any atom is -0.390 e. The second-order valence-corrected chi connectivity index (χ2v) is 14.2. The summed E-state index contributed by atoms with van der Waals surface area (Å²) in [5, 5.41) is 11.6. The number of unbranched alkanes of at least 4 members (excludes halogenated alkanes) is 19. The van der Waals surface area contributed by atoms with Gasteiger partial charge in [-0.25, -0.2) is 0 Å². The molecule has 2 nitrogen and oxygen atoms in total. The first-order valence-electron chi connectivity index (χ1n) is 20.0. The Morgan fingerprint density at radius 3 is 1.07 bits per heavy atom. The van der Waals surface area contributed by atoms with Gasteiger partial charge in [-0.3, -0.25) is 0 Å². The van der Waals surface area contributed by atoms with E-state index in [0.29, 0.717) is 0 Å². The van der Waals surface area contributed by atoms with Crippen molar-refractivity contribution < 1.29 is 5.11 Å². The Labute approximate surface area is 284 Å². The molecule has 1 N–H and O–H groups in total. The maximum Gasteiger partial charge on any atom is 0.0647 e. The van der Waals surface area contributed by atoms with Crippen molar-refractivity contribution in [2.45, 2.75) is 206 Å². The lowest BCUT2D eigenvalue weighted by molar-refractivity contribution is 0.00684. The fourth-order valence-electron chi connectivity index (χ4n) is 6.14. The Morgan fingerprint density at radius 1 is 0.400 bits per heavy atom. The lowest BCUT2D eigenvalue weighted by atomic mass is 9.85. The lowest BCUT2D eigenvalue weighted by Crippen LogP contribution is -2.29. The van der Waals surface area contributed by atoms with Gasteiger partial charge in [-0.2, -0.15) is 0 Å². The molecule has 0 heterocycles. The summed E-state index contributed by atoms with van der Waals surface area (Å²) in [6, 6.07) is 0. The van der Waals surface area contributed by atoms with Crippen LogP contribution in [0.25, 0.3) is 0 Å². The van der Waals surface area contributed by atoms with Crippen molar-refractivity contribution in [3.8, 4) is 0 Å². The molecule has 0 aromatic heterocycles. The summed E-state index contributed by atoms with van der Waals surface area (Å²) in [5.41, 5.74) is -0.434. The molecule has 0 bridgehead atoms. The van der Waals surface area contributed by atoms with Crippen molar-refractivity contribution in [3.05, 3.63) is 48.6 Å². The third-order valence-electron chi connectivity index (χ3n) is 9.18. The van der Waals surface area contributed by atoms with E-state index in [-0.39, 0.29) is 0 Å². The molecule has 0 saturated carbocycles. The van der Waals surface area contributed by atoms with E-state index >= 15 is 0 Å². The summed E-state index contributed by atoms with van der Waals surface area (Å²) in [4.78, 5) is 2.27. The van der Waals surface area contributed by atoms with E-state index in [1.807, 2.05) is 0 Å². The molecule has 0 fully saturated rings. The highest BCUT2D eigenvalue weighted by molar-refractivity contribution is 4.93. The molecule has 45 heavy (non-hydrogen) atoms. The van der Waals surface area contributed by atoms with Crippen molar-refractivity contribution in [2.75, 3.05) is 20.6 Å². The molecule has 0 aliphatic heterocycles. The summed E-state index contributed by atoms with van der Waals surface area (Å²) in [6.45, 7) is 5.66. The molecule has 2 heteroatoms. The first kappa shape index (κ1) is 43.9. The molecule has 0 amide bonds. The van der Waals surface area contributed by atoms with Gasteiger partial charge in [0.05, 0.1) is 5.60 Å².